The summed E-state index contributed by atoms with van der Waals surface area (Å²) in [5.41, 5.74) is 6.36. The van der Waals surface area contributed by atoms with E-state index in [1.807, 2.05) is 30.3 Å². The number of nitrogens with two attached hydrogens (primary N) is 1. The maximum Gasteiger partial charge on any atom is 0.171 e. The van der Waals surface area contributed by atoms with E-state index >= 15 is 0 Å². The fraction of sp³-hybridized carbons (Fsp3) is 0.235. The van der Waals surface area contributed by atoms with E-state index in [1.165, 1.54) is 0 Å². The van der Waals surface area contributed by atoms with Gasteiger partial charge in [-0.1, -0.05) is 18.3 Å². The van der Waals surface area contributed by atoms with Crippen molar-refractivity contribution >= 4 is 17.2 Å². The zero-order valence-corrected chi connectivity index (χ0v) is 13.9. The SMILES string of the molecule is COc1ccc(OCCOc2c(OC)cccc2C(N)=S)cc1. The van der Waals surface area contributed by atoms with Gasteiger partial charge in [-0.3, -0.25) is 0 Å². The summed E-state index contributed by atoms with van der Waals surface area (Å²) in [4.78, 5) is 0.259. The van der Waals surface area contributed by atoms with Crippen LogP contribution in [0.5, 0.6) is 23.0 Å². The van der Waals surface area contributed by atoms with Gasteiger partial charge in [0.1, 0.15) is 29.7 Å². The lowest BCUT2D eigenvalue weighted by Gasteiger charge is -2.14. The molecule has 2 aromatic carbocycles. The molecule has 122 valence electrons. The Bertz CT molecular complexity index is 658. The third kappa shape index (κ3) is 4.50. The van der Waals surface area contributed by atoms with Crippen molar-refractivity contribution < 1.29 is 18.9 Å². The van der Waals surface area contributed by atoms with Crippen LogP contribution in [0.4, 0.5) is 0 Å². The molecule has 0 spiro atoms. The second-order valence-electron chi connectivity index (χ2n) is 4.57. The fourth-order valence-electron chi connectivity index (χ4n) is 1.99. The van der Waals surface area contributed by atoms with Gasteiger partial charge in [0.05, 0.1) is 19.8 Å². The number of hydrogen-bond acceptors (Lipinski definition) is 5. The Morgan fingerprint density at radius 1 is 0.913 bits per heavy atom. The van der Waals surface area contributed by atoms with E-state index in [9.17, 15) is 0 Å². The molecular weight excluding hydrogens is 314 g/mol. The summed E-state index contributed by atoms with van der Waals surface area (Å²) in [5.74, 6) is 2.63. The minimum Gasteiger partial charge on any atom is -0.497 e. The van der Waals surface area contributed by atoms with E-state index in [-0.39, 0.29) is 4.99 Å². The Morgan fingerprint density at radius 3 is 2.17 bits per heavy atom. The summed E-state index contributed by atoms with van der Waals surface area (Å²) >= 11 is 5.04. The highest BCUT2D eigenvalue weighted by Crippen LogP contribution is 2.31. The lowest BCUT2D eigenvalue weighted by atomic mass is 10.2. The minimum absolute atomic E-state index is 0.259. The fourth-order valence-corrected chi connectivity index (χ4v) is 2.16. The molecule has 6 heteroatoms. The smallest absolute Gasteiger partial charge is 0.171 e. The number of rotatable bonds is 8. The van der Waals surface area contributed by atoms with Gasteiger partial charge in [-0.25, -0.2) is 0 Å². The van der Waals surface area contributed by atoms with Crippen LogP contribution < -0.4 is 24.7 Å². The molecule has 0 aliphatic carbocycles. The van der Waals surface area contributed by atoms with Gasteiger partial charge in [-0.15, -0.1) is 0 Å². The lowest BCUT2D eigenvalue weighted by Crippen LogP contribution is -2.15. The number of hydrogen-bond donors (Lipinski definition) is 1. The van der Waals surface area contributed by atoms with Crippen molar-refractivity contribution in [3.63, 3.8) is 0 Å². The van der Waals surface area contributed by atoms with Crippen LogP contribution in [0.3, 0.4) is 0 Å². The predicted molar refractivity (Wildman–Crippen MR) is 92.9 cm³/mol. The molecule has 0 atom stereocenters. The minimum atomic E-state index is 0.259. The average Bonchev–Trinajstić information content (AvgIpc) is 2.58. The third-order valence-electron chi connectivity index (χ3n) is 3.12. The first-order valence-electron chi connectivity index (χ1n) is 7.02. The molecule has 2 N–H and O–H groups in total. The van der Waals surface area contributed by atoms with Gasteiger partial charge in [0.2, 0.25) is 0 Å². The molecule has 0 fully saturated rings. The van der Waals surface area contributed by atoms with Crippen LogP contribution in [0.1, 0.15) is 5.56 Å². The molecule has 0 saturated carbocycles. The van der Waals surface area contributed by atoms with E-state index in [2.05, 4.69) is 0 Å². The highest BCUT2D eigenvalue weighted by atomic mass is 32.1. The van der Waals surface area contributed by atoms with Crippen LogP contribution in [0.15, 0.2) is 42.5 Å². The monoisotopic (exact) mass is 333 g/mol. The Kier molecular flexibility index (Phi) is 6.05. The number of benzene rings is 2. The second-order valence-corrected chi connectivity index (χ2v) is 5.01. The molecule has 2 rings (SSSR count). The van der Waals surface area contributed by atoms with Gasteiger partial charge < -0.3 is 24.7 Å². The molecule has 0 aliphatic heterocycles. The first-order chi connectivity index (χ1) is 11.2. The molecule has 0 bridgehead atoms. The van der Waals surface area contributed by atoms with E-state index in [4.69, 9.17) is 36.9 Å². The van der Waals surface area contributed by atoms with E-state index in [0.717, 1.165) is 11.5 Å². The Labute approximate surface area is 140 Å². The standard InChI is InChI=1S/C17H19NO4S/c1-19-12-6-8-13(9-7-12)21-10-11-22-16-14(17(18)23)4-3-5-15(16)20-2/h3-9H,10-11H2,1-2H3,(H2,18,23). The van der Waals surface area contributed by atoms with E-state index in [1.54, 1.807) is 26.4 Å². The van der Waals surface area contributed by atoms with E-state index in [0.29, 0.717) is 30.3 Å². The van der Waals surface area contributed by atoms with Crippen molar-refractivity contribution in [2.24, 2.45) is 5.73 Å². The average molecular weight is 333 g/mol. The number of ether oxygens (including phenoxy) is 4. The Hall–Kier alpha value is -2.47. The normalized spacial score (nSPS) is 10.0. The second kappa shape index (κ2) is 8.24. The maximum absolute atomic E-state index is 5.74. The summed E-state index contributed by atoms with van der Waals surface area (Å²) in [6.07, 6.45) is 0. The first kappa shape index (κ1) is 16.9. The van der Waals surface area contributed by atoms with Crippen molar-refractivity contribution in [2.75, 3.05) is 27.4 Å². The van der Waals surface area contributed by atoms with Crippen LogP contribution in [-0.4, -0.2) is 32.4 Å². The molecule has 0 saturated heterocycles. The van der Waals surface area contributed by atoms with Gasteiger partial charge in [-0.05, 0) is 36.4 Å². The van der Waals surface area contributed by atoms with Crippen LogP contribution in [0.2, 0.25) is 0 Å². The zero-order chi connectivity index (χ0) is 16.7. The molecule has 23 heavy (non-hydrogen) atoms. The zero-order valence-electron chi connectivity index (χ0n) is 13.1. The molecular formula is C17H19NO4S. The van der Waals surface area contributed by atoms with E-state index < -0.39 is 0 Å². The quantitative estimate of drug-likeness (QED) is 0.592. The van der Waals surface area contributed by atoms with Gasteiger partial charge >= 0.3 is 0 Å². The predicted octanol–water partition coefficient (Wildman–Crippen LogP) is 2.80. The number of para-hydroxylation sites is 1. The number of methoxy groups -OCH3 is 2. The Balaban J connectivity index is 1.94. The molecule has 0 aromatic heterocycles. The molecule has 2 aromatic rings. The van der Waals surface area contributed by atoms with Crippen molar-refractivity contribution in [3.05, 3.63) is 48.0 Å². The van der Waals surface area contributed by atoms with Crippen molar-refractivity contribution in [3.8, 4) is 23.0 Å². The van der Waals surface area contributed by atoms with Gasteiger partial charge in [0.25, 0.3) is 0 Å². The molecule has 0 heterocycles. The topological polar surface area (TPSA) is 62.9 Å². The number of thiocarbonyl (C=S) groups is 1. The lowest BCUT2D eigenvalue weighted by molar-refractivity contribution is 0.211. The third-order valence-corrected chi connectivity index (χ3v) is 3.34. The summed E-state index contributed by atoms with van der Waals surface area (Å²) in [5, 5.41) is 0. The summed E-state index contributed by atoms with van der Waals surface area (Å²) < 4.78 is 21.7. The van der Waals surface area contributed by atoms with Gasteiger partial charge in [-0.2, -0.15) is 0 Å². The van der Waals surface area contributed by atoms with Gasteiger partial charge in [0.15, 0.2) is 11.5 Å². The molecule has 0 unspecified atom stereocenters. The maximum atomic E-state index is 5.74. The summed E-state index contributed by atoms with van der Waals surface area (Å²) in [6, 6.07) is 12.7. The highest BCUT2D eigenvalue weighted by Gasteiger charge is 2.12. The Morgan fingerprint density at radius 2 is 1.57 bits per heavy atom. The molecule has 5 nitrogen and oxygen atoms in total. The van der Waals surface area contributed by atoms with Crippen molar-refractivity contribution in [1.82, 2.24) is 0 Å². The van der Waals surface area contributed by atoms with Crippen LogP contribution in [0, 0.1) is 0 Å². The first-order valence-corrected chi connectivity index (χ1v) is 7.43. The van der Waals surface area contributed by atoms with Crippen molar-refractivity contribution in [2.45, 2.75) is 0 Å². The molecule has 0 aliphatic rings. The molecule has 0 radical (unpaired) electrons. The van der Waals surface area contributed by atoms with Crippen LogP contribution >= 0.6 is 12.2 Å². The molecule has 0 amide bonds. The van der Waals surface area contributed by atoms with Crippen LogP contribution in [-0.2, 0) is 0 Å². The van der Waals surface area contributed by atoms with Crippen molar-refractivity contribution in [1.29, 1.82) is 0 Å². The van der Waals surface area contributed by atoms with Gasteiger partial charge in [0, 0.05) is 0 Å². The summed E-state index contributed by atoms with van der Waals surface area (Å²) in [7, 11) is 3.19. The highest BCUT2D eigenvalue weighted by molar-refractivity contribution is 7.80. The largest absolute Gasteiger partial charge is 0.497 e. The summed E-state index contributed by atoms with van der Waals surface area (Å²) in [6.45, 7) is 0.711. The van der Waals surface area contributed by atoms with Crippen LogP contribution in [0.25, 0.3) is 0 Å².